The first-order chi connectivity index (χ1) is 15.1. The Balaban J connectivity index is 1.51. The van der Waals surface area contributed by atoms with Crippen LogP contribution in [0, 0.1) is 0 Å². The molecule has 31 heavy (non-hydrogen) atoms. The molecule has 1 aliphatic rings. The van der Waals surface area contributed by atoms with Gasteiger partial charge in [-0.2, -0.15) is 16.9 Å². The number of anilines is 1. The van der Waals surface area contributed by atoms with E-state index in [0.29, 0.717) is 28.6 Å². The molecule has 0 bridgehead atoms. The Labute approximate surface area is 183 Å². The van der Waals surface area contributed by atoms with E-state index in [0.717, 1.165) is 22.8 Å². The molecule has 0 spiro atoms. The number of thioether (sulfide) groups is 1. The molecule has 2 N–H and O–H groups in total. The van der Waals surface area contributed by atoms with Crippen LogP contribution in [0.15, 0.2) is 41.0 Å². The lowest BCUT2D eigenvalue weighted by molar-refractivity contribution is -0.122. The summed E-state index contributed by atoms with van der Waals surface area (Å²) in [5, 5.41) is 10.3. The van der Waals surface area contributed by atoms with Gasteiger partial charge in [0.1, 0.15) is 18.1 Å². The second-order valence-electron chi connectivity index (χ2n) is 6.80. The maximum Gasteiger partial charge on any atom is 0.256 e. The maximum atomic E-state index is 12.9. The molecule has 0 radical (unpaired) electrons. The number of nitrogens with zero attached hydrogens (tertiary/aromatic N) is 2. The van der Waals surface area contributed by atoms with Gasteiger partial charge in [-0.3, -0.25) is 9.59 Å². The number of carbonyl (C=O) groups excluding carboxylic acids is 2. The summed E-state index contributed by atoms with van der Waals surface area (Å²) < 4.78 is 17.3. The summed E-state index contributed by atoms with van der Waals surface area (Å²) in [5.41, 5.74) is 2.23. The van der Waals surface area contributed by atoms with E-state index in [4.69, 9.17) is 13.9 Å². The van der Waals surface area contributed by atoms with Gasteiger partial charge in [-0.25, -0.2) is 4.68 Å². The molecule has 3 heterocycles. The van der Waals surface area contributed by atoms with Gasteiger partial charge >= 0.3 is 0 Å². The number of benzene rings is 1. The van der Waals surface area contributed by atoms with Crippen molar-refractivity contribution in [2.75, 3.05) is 19.5 Å². The Hall–Kier alpha value is -3.40. The van der Waals surface area contributed by atoms with Crippen LogP contribution in [-0.2, 0) is 29.4 Å². The van der Waals surface area contributed by atoms with Crippen LogP contribution in [-0.4, -0.2) is 35.8 Å². The highest BCUT2D eigenvalue weighted by Gasteiger charge is 2.25. The van der Waals surface area contributed by atoms with E-state index < -0.39 is 0 Å². The van der Waals surface area contributed by atoms with Crippen molar-refractivity contribution in [3.8, 4) is 11.5 Å². The first kappa shape index (κ1) is 20.9. The van der Waals surface area contributed by atoms with Gasteiger partial charge in [0, 0.05) is 22.6 Å². The van der Waals surface area contributed by atoms with Crippen molar-refractivity contribution in [2.45, 2.75) is 24.6 Å². The molecule has 9 nitrogen and oxygen atoms in total. The molecule has 4 rings (SSSR count). The summed E-state index contributed by atoms with van der Waals surface area (Å²) in [7, 11) is 3.05. The van der Waals surface area contributed by atoms with Gasteiger partial charge in [0.05, 0.1) is 32.7 Å². The van der Waals surface area contributed by atoms with Gasteiger partial charge < -0.3 is 24.5 Å². The number of carbonyl (C=O) groups is 2. The number of nitrogens with one attached hydrogen (secondary N) is 2. The third-order valence-electron chi connectivity index (χ3n) is 4.83. The molecule has 10 heteroatoms. The van der Waals surface area contributed by atoms with E-state index in [-0.39, 0.29) is 24.9 Å². The zero-order valence-corrected chi connectivity index (χ0v) is 18.0. The molecule has 3 aromatic rings. The van der Waals surface area contributed by atoms with Crippen LogP contribution in [0.5, 0.6) is 11.5 Å². The minimum absolute atomic E-state index is 0.0140. The van der Waals surface area contributed by atoms with E-state index in [2.05, 4.69) is 15.7 Å². The van der Waals surface area contributed by atoms with Crippen molar-refractivity contribution in [3.63, 3.8) is 0 Å². The molecule has 162 valence electrons. The van der Waals surface area contributed by atoms with Gasteiger partial charge in [-0.1, -0.05) is 0 Å². The maximum absolute atomic E-state index is 12.9. The summed E-state index contributed by atoms with van der Waals surface area (Å²) in [5.74, 6) is 3.11. The number of rotatable bonds is 8. The second-order valence-corrected chi connectivity index (χ2v) is 7.79. The lowest BCUT2D eigenvalue weighted by Crippen LogP contribution is -2.28. The number of amides is 2. The zero-order chi connectivity index (χ0) is 21.8. The quantitative estimate of drug-likeness (QED) is 0.552. The average molecular weight is 442 g/mol. The van der Waals surface area contributed by atoms with Crippen molar-refractivity contribution >= 4 is 29.4 Å². The summed E-state index contributed by atoms with van der Waals surface area (Å²) >= 11 is 1.72. The van der Waals surface area contributed by atoms with Crippen molar-refractivity contribution in [1.29, 1.82) is 0 Å². The fourth-order valence-electron chi connectivity index (χ4n) is 3.27. The molecule has 0 unspecified atom stereocenters. The molecule has 1 aliphatic heterocycles. The van der Waals surface area contributed by atoms with Gasteiger partial charge in [0.2, 0.25) is 5.91 Å². The predicted octanol–water partition coefficient (Wildman–Crippen LogP) is 2.81. The fourth-order valence-corrected chi connectivity index (χ4v) is 4.30. The van der Waals surface area contributed by atoms with Crippen LogP contribution in [0.1, 0.15) is 27.4 Å². The number of furan rings is 1. The first-order valence-corrected chi connectivity index (χ1v) is 10.7. The Morgan fingerprint density at radius 1 is 1.19 bits per heavy atom. The van der Waals surface area contributed by atoms with E-state index in [1.807, 2.05) is 0 Å². The third kappa shape index (κ3) is 4.53. The minimum atomic E-state index is -0.321. The highest BCUT2D eigenvalue weighted by atomic mass is 32.2. The summed E-state index contributed by atoms with van der Waals surface area (Å²) in [4.78, 5) is 25.4. The van der Waals surface area contributed by atoms with Crippen molar-refractivity contribution < 1.29 is 23.5 Å². The average Bonchev–Trinajstić information content (AvgIpc) is 3.51. The van der Waals surface area contributed by atoms with E-state index in [1.165, 1.54) is 14.2 Å². The van der Waals surface area contributed by atoms with Crippen molar-refractivity contribution in [1.82, 2.24) is 15.1 Å². The number of hydrogen-bond acceptors (Lipinski definition) is 7. The van der Waals surface area contributed by atoms with E-state index in [1.54, 1.807) is 53.0 Å². The molecule has 0 saturated heterocycles. The van der Waals surface area contributed by atoms with Crippen LogP contribution < -0.4 is 20.1 Å². The van der Waals surface area contributed by atoms with Gasteiger partial charge in [-0.05, 0) is 30.3 Å². The van der Waals surface area contributed by atoms with Crippen LogP contribution in [0.2, 0.25) is 0 Å². The first-order valence-electron chi connectivity index (χ1n) is 9.57. The molecule has 2 aromatic heterocycles. The molecule has 0 atom stereocenters. The number of hydrogen-bond donors (Lipinski definition) is 2. The SMILES string of the molecule is COc1ccc(C(=O)Nc2c3c(nn2CC(=O)NCc2ccco2)CSC3)cc1OC. The summed E-state index contributed by atoms with van der Waals surface area (Å²) in [6.45, 7) is 0.274. The fraction of sp³-hybridized carbons (Fsp3) is 0.286. The number of aromatic nitrogens is 2. The third-order valence-corrected chi connectivity index (χ3v) is 5.80. The lowest BCUT2D eigenvalue weighted by atomic mass is 10.2. The Morgan fingerprint density at radius 3 is 2.77 bits per heavy atom. The molecule has 1 aromatic carbocycles. The molecular formula is C21H22N4O5S. The number of ether oxygens (including phenoxy) is 2. The van der Waals surface area contributed by atoms with E-state index >= 15 is 0 Å². The molecule has 2 amide bonds. The Kier molecular flexibility index (Phi) is 6.17. The predicted molar refractivity (Wildman–Crippen MR) is 115 cm³/mol. The standard InChI is InChI=1S/C21H22N4O5S/c1-28-17-6-5-13(8-18(17)29-2)21(27)23-20-15-11-31-12-16(15)24-25(20)10-19(26)22-9-14-4-3-7-30-14/h3-8H,9-12H2,1-2H3,(H,22,26)(H,23,27). The highest BCUT2D eigenvalue weighted by molar-refractivity contribution is 7.98. The number of fused-ring (bicyclic) bond motifs is 1. The monoisotopic (exact) mass is 442 g/mol. The topological polar surface area (TPSA) is 108 Å². The molecular weight excluding hydrogens is 420 g/mol. The normalized spacial score (nSPS) is 12.3. The molecule has 0 fully saturated rings. The summed E-state index contributed by atoms with van der Waals surface area (Å²) in [6, 6.07) is 8.49. The summed E-state index contributed by atoms with van der Waals surface area (Å²) in [6.07, 6.45) is 1.55. The second kappa shape index (κ2) is 9.17. The van der Waals surface area contributed by atoms with Gasteiger partial charge in [0.25, 0.3) is 5.91 Å². The lowest BCUT2D eigenvalue weighted by Gasteiger charge is -2.12. The van der Waals surface area contributed by atoms with Crippen LogP contribution >= 0.6 is 11.8 Å². The largest absolute Gasteiger partial charge is 0.493 e. The minimum Gasteiger partial charge on any atom is -0.493 e. The molecule has 0 saturated carbocycles. The number of methoxy groups -OCH3 is 2. The van der Waals surface area contributed by atoms with Gasteiger partial charge in [0.15, 0.2) is 11.5 Å². The zero-order valence-electron chi connectivity index (χ0n) is 17.1. The highest BCUT2D eigenvalue weighted by Crippen LogP contribution is 2.35. The van der Waals surface area contributed by atoms with Crippen molar-refractivity contribution in [2.24, 2.45) is 0 Å². The Morgan fingerprint density at radius 2 is 2.03 bits per heavy atom. The van der Waals surface area contributed by atoms with Gasteiger partial charge in [-0.15, -0.1) is 0 Å². The van der Waals surface area contributed by atoms with Crippen LogP contribution in [0.25, 0.3) is 0 Å². The van der Waals surface area contributed by atoms with E-state index in [9.17, 15) is 9.59 Å². The van der Waals surface area contributed by atoms with Crippen molar-refractivity contribution in [3.05, 3.63) is 59.2 Å². The Bertz CT molecular complexity index is 1090. The molecule has 0 aliphatic carbocycles. The van der Waals surface area contributed by atoms with Crippen LogP contribution in [0.3, 0.4) is 0 Å². The van der Waals surface area contributed by atoms with Crippen LogP contribution in [0.4, 0.5) is 5.82 Å². The smallest absolute Gasteiger partial charge is 0.256 e.